The number of para-hydroxylation sites is 2. The molecule has 2 rings (SSSR count). The number of nitrogens with two attached hydrogens (primary N) is 1. The van der Waals surface area contributed by atoms with Crippen molar-refractivity contribution in [3.8, 4) is 5.75 Å². The number of primary amides is 1. The van der Waals surface area contributed by atoms with Gasteiger partial charge in [0.15, 0.2) is 13.2 Å². The molecule has 0 heterocycles. The standard InChI is InChI=1S/C20H22N2O5/c1-15-7-5-6-10-17(15)26-14-20(25)27-13-19(24)22(12-11-18(21)23)16-8-3-2-4-9-16/h2-10H,11-14H2,1H3,(H2,21,23). The third-order valence-corrected chi connectivity index (χ3v) is 3.75. The molecule has 0 atom stereocenters. The first-order valence-electron chi connectivity index (χ1n) is 8.45. The van der Waals surface area contributed by atoms with Crippen LogP contribution in [-0.4, -0.2) is 37.5 Å². The Morgan fingerprint density at radius 3 is 2.30 bits per heavy atom. The lowest BCUT2D eigenvalue weighted by Crippen LogP contribution is -2.37. The van der Waals surface area contributed by atoms with Gasteiger partial charge in [0.25, 0.3) is 5.91 Å². The lowest BCUT2D eigenvalue weighted by Gasteiger charge is -2.22. The fraction of sp³-hybridized carbons (Fsp3) is 0.250. The van der Waals surface area contributed by atoms with E-state index in [2.05, 4.69) is 0 Å². The van der Waals surface area contributed by atoms with Gasteiger partial charge in [-0.2, -0.15) is 0 Å². The first-order chi connectivity index (χ1) is 13.0. The molecule has 0 bridgehead atoms. The molecular formula is C20H22N2O5. The van der Waals surface area contributed by atoms with Gasteiger partial charge in [-0.15, -0.1) is 0 Å². The number of nitrogens with zero attached hydrogens (tertiary/aromatic N) is 1. The van der Waals surface area contributed by atoms with Gasteiger partial charge in [0.2, 0.25) is 5.91 Å². The largest absolute Gasteiger partial charge is 0.482 e. The summed E-state index contributed by atoms with van der Waals surface area (Å²) in [5.41, 5.74) is 6.65. The van der Waals surface area contributed by atoms with Crippen molar-refractivity contribution < 1.29 is 23.9 Å². The number of amides is 2. The van der Waals surface area contributed by atoms with Crippen molar-refractivity contribution in [2.24, 2.45) is 5.73 Å². The van der Waals surface area contributed by atoms with E-state index in [4.69, 9.17) is 15.2 Å². The summed E-state index contributed by atoms with van der Waals surface area (Å²) in [7, 11) is 0. The molecule has 0 aliphatic rings. The number of hydrogen-bond donors (Lipinski definition) is 1. The molecule has 2 aromatic carbocycles. The molecule has 0 aliphatic carbocycles. The minimum Gasteiger partial charge on any atom is -0.482 e. The fourth-order valence-corrected chi connectivity index (χ4v) is 2.34. The topological polar surface area (TPSA) is 98.9 Å². The first kappa shape index (κ1) is 20.0. The zero-order valence-corrected chi connectivity index (χ0v) is 15.1. The molecule has 0 unspecified atom stereocenters. The van der Waals surface area contributed by atoms with E-state index in [0.717, 1.165) is 5.56 Å². The highest BCUT2D eigenvalue weighted by Crippen LogP contribution is 2.16. The summed E-state index contributed by atoms with van der Waals surface area (Å²) in [5.74, 6) is -1.05. The van der Waals surface area contributed by atoms with Crippen molar-refractivity contribution in [3.05, 3.63) is 60.2 Å². The van der Waals surface area contributed by atoms with Crippen molar-refractivity contribution in [1.82, 2.24) is 0 Å². The Morgan fingerprint density at radius 1 is 0.963 bits per heavy atom. The smallest absolute Gasteiger partial charge is 0.344 e. The Hall–Kier alpha value is -3.35. The SMILES string of the molecule is Cc1ccccc1OCC(=O)OCC(=O)N(CCC(N)=O)c1ccccc1. The molecule has 142 valence electrons. The maximum Gasteiger partial charge on any atom is 0.344 e. The van der Waals surface area contributed by atoms with E-state index in [1.54, 1.807) is 36.4 Å². The number of ether oxygens (including phenoxy) is 2. The van der Waals surface area contributed by atoms with Crippen molar-refractivity contribution in [3.63, 3.8) is 0 Å². The summed E-state index contributed by atoms with van der Waals surface area (Å²) in [6.07, 6.45) is 0.00494. The second-order valence-electron chi connectivity index (χ2n) is 5.81. The van der Waals surface area contributed by atoms with E-state index in [-0.39, 0.29) is 19.6 Å². The van der Waals surface area contributed by atoms with Crippen LogP contribution in [-0.2, 0) is 19.1 Å². The quantitative estimate of drug-likeness (QED) is 0.679. The van der Waals surface area contributed by atoms with Crippen LogP contribution in [0.2, 0.25) is 0 Å². The third-order valence-electron chi connectivity index (χ3n) is 3.75. The zero-order valence-electron chi connectivity index (χ0n) is 15.1. The van der Waals surface area contributed by atoms with Crippen LogP contribution >= 0.6 is 0 Å². The van der Waals surface area contributed by atoms with Gasteiger partial charge in [0.05, 0.1) is 0 Å². The van der Waals surface area contributed by atoms with Gasteiger partial charge in [0.1, 0.15) is 5.75 Å². The molecule has 0 spiro atoms. The minimum absolute atomic E-state index is 0.00494. The van der Waals surface area contributed by atoms with Gasteiger partial charge in [0, 0.05) is 18.7 Å². The Balaban J connectivity index is 1.89. The molecule has 0 saturated carbocycles. The molecule has 2 amide bonds. The number of rotatable bonds is 9. The van der Waals surface area contributed by atoms with Crippen molar-refractivity contribution >= 4 is 23.5 Å². The molecule has 0 saturated heterocycles. The highest BCUT2D eigenvalue weighted by atomic mass is 16.6. The molecule has 0 radical (unpaired) electrons. The van der Waals surface area contributed by atoms with Crippen LogP contribution in [0.25, 0.3) is 0 Å². The monoisotopic (exact) mass is 370 g/mol. The number of esters is 1. The summed E-state index contributed by atoms with van der Waals surface area (Å²) >= 11 is 0. The molecule has 7 nitrogen and oxygen atoms in total. The van der Waals surface area contributed by atoms with Gasteiger partial charge in [-0.1, -0.05) is 36.4 Å². The third kappa shape index (κ3) is 6.47. The Labute approximate surface area is 157 Å². The van der Waals surface area contributed by atoms with Crippen LogP contribution in [0.4, 0.5) is 5.69 Å². The Morgan fingerprint density at radius 2 is 1.63 bits per heavy atom. The van der Waals surface area contributed by atoms with Crippen LogP contribution in [0.3, 0.4) is 0 Å². The number of carbonyl (C=O) groups excluding carboxylic acids is 3. The zero-order chi connectivity index (χ0) is 19.6. The predicted molar refractivity (Wildman–Crippen MR) is 100 cm³/mol. The highest BCUT2D eigenvalue weighted by Gasteiger charge is 2.18. The van der Waals surface area contributed by atoms with Crippen LogP contribution in [0.15, 0.2) is 54.6 Å². The van der Waals surface area contributed by atoms with E-state index in [0.29, 0.717) is 11.4 Å². The number of benzene rings is 2. The molecule has 0 aromatic heterocycles. The number of aryl methyl sites for hydroxylation is 1. The molecule has 2 N–H and O–H groups in total. The molecule has 2 aromatic rings. The van der Waals surface area contributed by atoms with E-state index in [9.17, 15) is 14.4 Å². The Kier molecular flexibility index (Phi) is 7.37. The maximum atomic E-state index is 12.4. The lowest BCUT2D eigenvalue weighted by molar-refractivity contribution is -0.149. The molecule has 0 fully saturated rings. The van der Waals surface area contributed by atoms with Gasteiger partial charge >= 0.3 is 5.97 Å². The van der Waals surface area contributed by atoms with E-state index < -0.39 is 24.4 Å². The average molecular weight is 370 g/mol. The molecule has 7 heteroatoms. The second-order valence-corrected chi connectivity index (χ2v) is 5.81. The number of carbonyl (C=O) groups is 3. The lowest BCUT2D eigenvalue weighted by atomic mass is 10.2. The Bertz CT molecular complexity index is 792. The summed E-state index contributed by atoms with van der Waals surface area (Å²) in [5, 5.41) is 0. The maximum absolute atomic E-state index is 12.4. The summed E-state index contributed by atoms with van der Waals surface area (Å²) in [4.78, 5) is 36.7. The van der Waals surface area contributed by atoms with Crippen LogP contribution < -0.4 is 15.4 Å². The highest BCUT2D eigenvalue weighted by molar-refractivity contribution is 5.95. The molecule has 27 heavy (non-hydrogen) atoms. The summed E-state index contributed by atoms with van der Waals surface area (Å²) in [6.45, 7) is 1.21. The van der Waals surface area contributed by atoms with E-state index >= 15 is 0 Å². The minimum atomic E-state index is -0.658. The van der Waals surface area contributed by atoms with Gasteiger partial charge in [-0.25, -0.2) is 4.79 Å². The fourth-order valence-electron chi connectivity index (χ4n) is 2.34. The average Bonchev–Trinajstić information content (AvgIpc) is 2.66. The first-order valence-corrected chi connectivity index (χ1v) is 8.45. The normalized spacial score (nSPS) is 10.1. The van der Waals surface area contributed by atoms with Crippen molar-refractivity contribution in [2.45, 2.75) is 13.3 Å². The van der Waals surface area contributed by atoms with Gasteiger partial charge in [-0.05, 0) is 30.7 Å². The molecular weight excluding hydrogens is 348 g/mol. The second kappa shape index (κ2) is 9.96. The summed E-state index contributed by atoms with van der Waals surface area (Å²) in [6, 6.07) is 16.1. The number of anilines is 1. The van der Waals surface area contributed by atoms with Crippen LogP contribution in [0.5, 0.6) is 5.75 Å². The predicted octanol–water partition coefficient (Wildman–Crippen LogP) is 1.83. The number of hydrogen-bond acceptors (Lipinski definition) is 5. The van der Waals surface area contributed by atoms with Crippen molar-refractivity contribution in [1.29, 1.82) is 0 Å². The van der Waals surface area contributed by atoms with Gasteiger partial charge < -0.3 is 20.1 Å². The van der Waals surface area contributed by atoms with E-state index in [1.807, 2.05) is 25.1 Å². The van der Waals surface area contributed by atoms with Gasteiger partial charge in [-0.3, -0.25) is 9.59 Å². The van der Waals surface area contributed by atoms with E-state index in [1.165, 1.54) is 4.90 Å². The summed E-state index contributed by atoms with van der Waals surface area (Å²) < 4.78 is 10.4. The van der Waals surface area contributed by atoms with Crippen LogP contribution in [0, 0.1) is 6.92 Å². The van der Waals surface area contributed by atoms with Crippen molar-refractivity contribution in [2.75, 3.05) is 24.7 Å². The van der Waals surface area contributed by atoms with Crippen LogP contribution in [0.1, 0.15) is 12.0 Å². The molecule has 0 aliphatic heterocycles.